The molecule has 3 aromatic rings. The van der Waals surface area contributed by atoms with Crippen LogP contribution in [0.3, 0.4) is 0 Å². The number of imidazole rings is 1. The lowest BCUT2D eigenvalue weighted by molar-refractivity contribution is -0.133. The SMILES string of the molecule is C[C@@H]1CN(C(=O)C2CCCN2)CCN1c1ccc2ncn([C@H](C)c3ccc(Cl)cc3Cl)c2c1. The van der Waals surface area contributed by atoms with E-state index in [0.29, 0.717) is 10.0 Å². The standard InChI is InChI=1S/C25H29Cl2N5O/c1-16-14-30(25(33)23-4-3-9-28-23)10-11-31(16)19-6-8-22-24(13-19)32(15-29-22)17(2)20-7-5-18(26)12-21(20)27/h5-8,12-13,15-17,23,28H,3-4,9-11,14H2,1-2H3/t16-,17-,23?/m1/s1. The van der Waals surface area contributed by atoms with Crippen LogP contribution >= 0.6 is 23.2 Å². The summed E-state index contributed by atoms with van der Waals surface area (Å²) in [5, 5.41) is 4.62. The zero-order valence-electron chi connectivity index (χ0n) is 19.0. The first kappa shape index (κ1) is 22.5. The van der Waals surface area contributed by atoms with Gasteiger partial charge in [-0.25, -0.2) is 4.98 Å². The first-order chi connectivity index (χ1) is 15.9. The number of hydrogen-bond donors (Lipinski definition) is 1. The molecule has 0 saturated carbocycles. The summed E-state index contributed by atoms with van der Waals surface area (Å²) in [6.45, 7) is 7.56. The van der Waals surface area contributed by atoms with Crippen molar-refractivity contribution in [3.63, 3.8) is 0 Å². The van der Waals surface area contributed by atoms with Crippen molar-refractivity contribution in [3.05, 3.63) is 58.3 Å². The number of carbonyl (C=O) groups excluding carboxylic acids is 1. The lowest BCUT2D eigenvalue weighted by Crippen LogP contribution is -2.56. The number of rotatable bonds is 4. The molecule has 1 N–H and O–H groups in total. The van der Waals surface area contributed by atoms with Gasteiger partial charge in [-0.1, -0.05) is 29.3 Å². The van der Waals surface area contributed by atoms with Gasteiger partial charge in [0, 0.05) is 41.4 Å². The fourth-order valence-electron chi connectivity index (χ4n) is 5.15. The summed E-state index contributed by atoms with van der Waals surface area (Å²) >= 11 is 12.6. The Morgan fingerprint density at radius 3 is 2.76 bits per heavy atom. The van der Waals surface area contributed by atoms with Gasteiger partial charge in [0.15, 0.2) is 0 Å². The number of aromatic nitrogens is 2. The molecule has 3 atom stereocenters. The summed E-state index contributed by atoms with van der Waals surface area (Å²) < 4.78 is 2.16. The van der Waals surface area contributed by atoms with Crippen LogP contribution in [-0.2, 0) is 4.79 Å². The Morgan fingerprint density at radius 1 is 1.18 bits per heavy atom. The Hall–Kier alpha value is -2.28. The molecule has 3 heterocycles. The third-order valence-electron chi connectivity index (χ3n) is 7.02. The monoisotopic (exact) mass is 485 g/mol. The fraction of sp³-hybridized carbons (Fsp3) is 0.440. The van der Waals surface area contributed by atoms with Crippen LogP contribution in [0.5, 0.6) is 0 Å². The fourth-order valence-corrected chi connectivity index (χ4v) is 5.72. The number of nitrogens with zero attached hydrogens (tertiary/aromatic N) is 4. The molecule has 2 aliphatic rings. The van der Waals surface area contributed by atoms with Crippen molar-refractivity contribution in [2.45, 2.75) is 44.8 Å². The average Bonchev–Trinajstić information content (AvgIpc) is 3.48. The molecule has 8 heteroatoms. The van der Waals surface area contributed by atoms with Gasteiger partial charge in [0.2, 0.25) is 5.91 Å². The second-order valence-electron chi connectivity index (χ2n) is 9.14. The van der Waals surface area contributed by atoms with Crippen LogP contribution in [0.2, 0.25) is 10.0 Å². The normalized spacial score (nSPS) is 22.2. The maximum absolute atomic E-state index is 12.8. The summed E-state index contributed by atoms with van der Waals surface area (Å²) in [5.74, 6) is 0.251. The second-order valence-corrected chi connectivity index (χ2v) is 9.99. The molecule has 1 unspecified atom stereocenters. The van der Waals surface area contributed by atoms with Gasteiger partial charge in [0.25, 0.3) is 0 Å². The molecule has 2 fully saturated rings. The molecule has 174 valence electrons. The van der Waals surface area contributed by atoms with Gasteiger partial charge in [-0.2, -0.15) is 0 Å². The van der Waals surface area contributed by atoms with Crippen LogP contribution < -0.4 is 10.2 Å². The van der Waals surface area contributed by atoms with Crippen LogP contribution in [0, 0.1) is 0 Å². The summed E-state index contributed by atoms with van der Waals surface area (Å²) in [7, 11) is 0. The maximum Gasteiger partial charge on any atom is 0.239 e. The highest BCUT2D eigenvalue weighted by Crippen LogP contribution is 2.32. The van der Waals surface area contributed by atoms with E-state index in [2.05, 4.69) is 51.8 Å². The van der Waals surface area contributed by atoms with Gasteiger partial charge in [0.1, 0.15) is 0 Å². The van der Waals surface area contributed by atoms with Crippen LogP contribution in [0.1, 0.15) is 38.3 Å². The number of amides is 1. The highest BCUT2D eigenvalue weighted by atomic mass is 35.5. The van der Waals surface area contributed by atoms with E-state index >= 15 is 0 Å². The topological polar surface area (TPSA) is 53.4 Å². The van der Waals surface area contributed by atoms with E-state index in [-0.39, 0.29) is 24.0 Å². The largest absolute Gasteiger partial charge is 0.365 e. The first-order valence-corrected chi connectivity index (χ1v) is 12.4. The number of carbonyl (C=O) groups is 1. The molecule has 1 amide bonds. The zero-order chi connectivity index (χ0) is 23.1. The lowest BCUT2D eigenvalue weighted by atomic mass is 10.1. The second kappa shape index (κ2) is 9.16. The summed E-state index contributed by atoms with van der Waals surface area (Å²) in [6, 6.07) is 12.3. The van der Waals surface area contributed by atoms with Gasteiger partial charge < -0.3 is 19.7 Å². The minimum absolute atomic E-state index is 0.00405. The summed E-state index contributed by atoms with van der Waals surface area (Å²) in [4.78, 5) is 21.9. The molecule has 2 aliphatic heterocycles. The van der Waals surface area contributed by atoms with E-state index in [4.69, 9.17) is 23.2 Å². The number of nitrogens with one attached hydrogen (secondary N) is 1. The van der Waals surface area contributed by atoms with Gasteiger partial charge in [-0.3, -0.25) is 4.79 Å². The van der Waals surface area contributed by atoms with E-state index in [1.165, 1.54) is 0 Å². The number of hydrogen-bond acceptors (Lipinski definition) is 4. The third-order valence-corrected chi connectivity index (χ3v) is 7.58. The Labute approximate surface area is 204 Å². The molecule has 0 aliphatic carbocycles. The molecule has 33 heavy (non-hydrogen) atoms. The number of fused-ring (bicyclic) bond motifs is 1. The van der Waals surface area contributed by atoms with Crippen molar-refractivity contribution in [2.24, 2.45) is 0 Å². The predicted molar refractivity (Wildman–Crippen MR) is 134 cm³/mol. The molecule has 5 rings (SSSR count). The Kier molecular flexibility index (Phi) is 6.25. The van der Waals surface area contributed by atoms with Gasteiger partial charge in [0.05, 0.1) is 29.4 Å². The van der Waals surface area contributed by atoms with Gasteiger partial charge in [-0.15, -0.1) is 0 Å². The molecular weight excluding hydrogens is 457 g/mol. The minimum Gasteiger partial charge on any atom is -0.365 e. The lowest BCUT2D eigenvalue weighted by Gasteiger charge is -2.42. The molecule has 6 nitrogen and oxygen atoms in total. The molecule has 0 bridgehead atoms. The van der Waals surface area contributed by atoms with Crippen molar-refractivity contribution in [2.75, 3.05) is 31.1 Å². The van der Waals surface area contributed by atoms with Gasteiger partial charge >= 0.3 is 0 Å². The van der Waals surface area contributed by atoms with Crippen molar-refractivity contribution in [3.8, 4) is 0 Å². The van der Waals surface area contributed by atoms with Crippen molar-refractivity contribution >= 4 is 45.8 Å². The highest BCUT2D eigenvalue weighted by Gasteiger charge is 2.32. The van der Waals surface area contributed by atoms with Crippen LogP contribution in [0.15, 0.2) is 42.7 Å². The van der Waals surface area contributed by atoms with E-state index in [0.717, 1.165) is 61.3 Å². The van der Waals surface area contributed by atoms with Crippen molar-refractivity contribution in [1.29, 1.82) is 0 Å². The summed E-state index contributed by atoms with van der Waals surface area (Å²) in [5.41, 5.74) is 4.17. The van der Waals surface area contributed by atoms with Crippen molar-refractivity contribution < 1.29 is 4.79 Å². The number of piperazine rings is 1. The Bertz CT molecular complexity index is 1170. The smallest absolute Gasteiger partial charge is 0.239 e. The van der Waals surface area contributed by atoms with E-state index < -0.39 is 0 Å². The predicted octanol–water partition coefficient (Wildman–Crippen LogP) is 4.74. The molecule has 2 saturated heterocycles. The Balaban J connectivity index is 1.38. The third kappa shape index (κ3) is 4.32. The molecule has 0 spiro atoms. The molecule has 1 aromatic heterocycles. The van der Waals surface area contributed by atoms with Crippen LogP contribution in [0.25, 0.3) is 11.0 Å². The van der Waals surface area contributed by atoms with E-state index in [9.17, 15) is 4.79 Å². The van der Waals surface area contributed by atoms with E-state index in [1.807, 2.05) is 23.4 Å². The number of halogens is 2. The number of anilines is 1. The maximum atomic E-state index is 12.8. The minimum atomic E-state index is -0.00405. The molecular formula is C25H29Cl2N5O. The first-order valence-electron chi connectivity index (χ1n) is 11.6. The quantitative estimate of drug-likeness (QED) is 0.579. The molecule has 2 aromatic carbocycles. The Morgan fingerprint density at radius 2 is 2.03 bits per heavy atom. The average molecular weight is 486 g/mol. The highest BCUT2D eigenvalue weighted by molar-refractivity contribution is 6.35. The van der Waals surface area contributed by atoms with E-state index in [1.54, 1.807) is 6.07 Å². The van der Waals surface area contributed by atoms with Crippen LogP contribution in [0.4, 0.5) is 5.69 Å². The number of benzene rings is 2. The van der Waals surface area contributed by atoms with Gasteiger partial charge in [-0.05, 0) is 69.1 Å². The zero-order valence-corrected chi connectivity index (χ0v) is 20.5. The van der Waals surface area contributed by atoms with Crippen molar-refractivity contribution in [1.82, 2.24) is 19.8 Å². The van der Waals surface area contributed by atoms with Crippen LogP contribution in [-0.4, -0.2) is 58.6 Å². The summed E-state index contributed by atoms with van der Waals surface area (Å²) in [6.07, 6.45) is 3.90. The molecule has 0 radical (unpaired) electrons.